The predicted molar refractivity (Wildman–Crippen MR) is 104 cm³/mol. The maximum absolute atomic E-state index is 12.8. The minimum atomic E-state index is -0.720. The molecule has 0 atom stereocenters. The first kappa shape index (κ1) is 18.5. The van der Waals surface area contributed by atoms with Crippen LogP contribution in [0.15, 0.2) is 48.5 Å². The van der Waals surface area contributed by atoms with Crippen LogP contribution in [0, 0.1) is 0 Å². The highest BCUT2D eigenvalue weighted by Crippen LogP contribution is 2.37. The summed E-state index contributed by atoms with van der Waals surface area (Å²) in [5.74, 6) is -3.24. The molecule has 1 aliphatic carbocycles. The molecule has 0 aliphatic heterocycles. The van der Waals surface area contributed by atoms with Gasteiger partial charge in [0.15, 0.2) is 5.78 Å². The number of rotatable bonds is 2. The molecule has 0 radical (unpaired) electrons. The van der Waals surface area contributed by atoms with Gasteiger partial charge in [0.25, 0.3) is 5.91 Å². The van der Waals surface area contributed by atoms with E-state index in [9.17, 15) is 29.7 Å². The Labute approximate surface area is 168 Å². The Balaban J connectivity index is 1.77. The van der Waals surface area contributed by atoms with Gasteiger partial charge in [-0.1, -0.05) is 23.7 Å². The van der Waals surface area contributed by atoms with Gasteiger partial charge in [0.05, 0.1) is 16.8 Å². The summed E-state index contributed by atoms with van der Waals surface area (Å²) >= 11 is 5.76. The van der Waals surface area contributed by atoms with Crippen LogP contribution in [-0.2, 0) is 0 Å². The van der Waals surface area contributed by atoms with Gasteiger partial charge in [0, 0.05) is 27.8 Å². The van der Waals surface area contributed by atoms with Crippen molar-refractivity contribution in [3.8, 4) is 17.2 Å². The molecule has 0 saturated heterocycles. The van der Waals surface area contributed by atoms with E-state index in [1.54, 1.807) is 0 Å². The van der Waals surface area contributed by atoms with Gasteiger partial charge in [-0.3, -0.25) is 14.4 Å². The summed E-state index contributed by atoms with van der Waals surface area (Å²) in [6.45, 7) is 0. The largest absolute Gasteiger partial charge is 0.507 e. The van der Waals surface area contributed by atoms with E-state index in [1.807, 2.05) is 0 Å². The van der Waals surface area contributed by atoms with Crippen LogP contribution >= 0.6 is 11.6 Å². The molecular weight excluding hydrogens is 398 g/mol. The monoisotopic (exact) mass is 409 g/mol. The van der Waals surface area contributed by atoms with Crippen molar-refractivity contribution in [2.24, 2.45) is 0 Å². The molecule has 4 rings (SSSR count). The first-order chi connectivity index (χ1) is 13.8. The van der Waals surface area contributed by atoms with Gasteiger partial charge in [0.1, 0.15) is 17.2 Å². The van der Waals surface area contributed by atoms with Crippen LogP contribution in [0.5, 0.6) is 17.2 Å². The maximum Gasteiger partial charge on any atom is 0.255 e. The number of fused-ring (bicyclic) bond motifs is 2. The molecule has 29 heavy (non-hydrogen) atoms. The standard InChI is InChI=1S/C21H12ClNO6/c22-10-4-5-13(15(25)8-10)23-21(29)9-6-12-18(16(26)7-9)20(28)17-11(19(12)27)2-1-3-14(17)24/h1-8,24-26H,(H,23,29). The zero-order chi connectivity index (χ0) is 20.9. The summed E-state index contributed by atoms with van der Waals surface area (Å²) in [6, 6.07) is 10.4. The van der Waals surface area contributed by atoms with E-state index in [-0.39, 0.29) is 50.0 Å². The van der Waals surface area contributed by atoms with Gasteiger partial charge in [-0.2, -0.15) is 0 Å². The van der Waals surface area contributed by atoms with Gasteiger partial charge < -0.3 is 20.6 Å². The average Bonchev–Trinajstić information content (AvgIpc) is 2.67. The highest BCUT2D eigenvalue weighted by atomic mass is 35.5. The average molecular weight is 410 g/mol. The second kappa shape index (κ2) is 6.65. The van der Waals surface area contributed by atoms with Gasteiger partial charge in [-0.15, -0.1) is 0 Å². The van der Waals surface area contributed by atoms with Crippen LogP contribution in [0.25, 0.3) is 0 Å². The van der Waals surface area contributed by atoms with Crippen molar-refractivity contribution in [3.05, 3.63) is 81.4 Å². The second-order valence-electron chi connectivity index (χ2n) is 6.39. The Bertz CT molecular complexity index is 1230. The van der Waals surface area contributed by atoms with Gasteiger partial charge in [0.2, 0.25) is 5.78 Å². The maximum atomic E-state index is 12.8. The molecule has 4 N–H and O–H groups in total. The lowest BCUT2D eigenvalue weighted by molar-refractivity contribution is 0.0972. The lowest BCUT2D eigenvalue weighted by Gasteiger charge is -2.20. The topological polar surface area (TPSA) is 124 Å². The summed E-state index contributed by atoms with van der Waals surface area (Å²) < 4.78 is 0. The fourth-order valence-electron chi connectivity index (χ4n) is 3.22. The van der Waals surface area contributed by atoms with Crippen LogP contribution in [0.4, 0.5) is 5.69 Å². The summed E-state index contributed by atoms with van der Waals surface area (Å²) in [4.78, 5) is 38.1. The van der Waals surface area contributed by atoms with Crippen molar-refractivity contribution < 1.29 is 29.7 Å². The molecule has 0 spiro atoms. The zero-order valence-corrected chi connectivity index (χ0v) is 15.3. The molecule has 0 heterocycles. The van der Waals surface area contributed by atoms with Crippen molar-refractivity contribution in [1.82, 2.24) is 0 Å². The molecule has 0 bridgehead atoms. The van der Waals surface area contributed by atoms with Crippen LogP contribution in [0.2, 0.25) is 5.02 Å². The van der Waals surface area contributed by atoms with Gasteiger partial charge in [-0.25, -0.2) is 0 Å². The SMILES string of the molecule is O=C(Nc1ccc(Cl)cc1O)c1cc(O)c2c(c1)C(=O)c1cccc(O)c1C2=O. The van der Waals surface area contributed by atoms with E-state index in [1.165, 1.54) is 42.5 Å². The summed E-state index contributed by atoms with van der Waals surface area (Å²) in [5, 5.41) is 32.9. The molecule has 0 fully saturated rings. The first-order valence-corrected chi connectivity index (χ1v) is 8.74. The third kappa shape index (κ3) is 2.97. The van der Waals surface area contributed by atoms with E-state index >= 15 is 0 Å². The number of phenolic OH excluding ortho intramolecular Hbond substituents is 3. The summed E-state index contributed by atoms with van der Waals surface area (Å²) in [7, 11) is 0. The number of nitrogens with one attached hydrogen (secondary N) is 1. The minimum Gasteiger partial charge on any atom is -0.507 e. The number of hydrogen-bond acceptors (Lipinski definition) is 6. The molecule has 1 amide bonds. The molecule has 0 saturated carbocycles. The molecule has 7 nitrogen and oxygen atoms in total. The molecule has 3 aromatic rings. The molecule has 8 heteroatoms. The Morgan fingerprint density at radius 1 is 0.793 bits per heavy atom. The van der Waals surface area contributed by atoms with E-state index < -0.39 is 23.2 Å². The molecule has 3 aromatic carbocycles. The van der Waals surface area contributed by atoms with E-state index in [4.69, 9.17) is 11.6 Å². The Morgan fingerprint density at radius 3 is 2.24 bits per heavy atom. The Kier molecular flexibility index (Phi) is 4.24. The number of carbonyl (C=O) groups excluding carboxylic acids is 3. The van der Waals surface area contributed by atoms with E-state index in [0.29, 0.717) is 0 Å². The molecule has 0 unspecified atom stereocenters. The van der Waals surface area contributed by atoms with Crippen LogP contribution < -0.4 is 5.32 Å². The molecule has 0 aromatic heterocycles. The highest BCUT2D eigenvalue weighted by Gasteiger charge is 2.35. The number of hydrogen-bond donors (Lipinski definition) is 4. The van der Waals surface area contributed by atoms with Crippen molar-refractivity contribution in [3.63, 3.8) is 0 Å². The number of carbonyl (C=O) groups is 3. The lowest BCUT2D eigenvalue weighted by Crippen LogP contribution is -2.22. The quantitative estimate of drug-likeness (QED) is 0.376. The second-order valence-corrected chi connectivity index (χ2v) is 6.83. The number of anilines is 1. The zero-order valence-electron chi connectivity index (χ0n) is 14.6. The fourth-order valence-corrected chi connectivity index (χ4v) is 3.38. The minimum absolute atomic E-state index is 0.0187. The molecule has 1 aliphatic rings. The third-order valence-corrected chi connectivity index (χ3v) is 4.81. The number of aromatic hydroxyl groups is 3. The summed E-state index contributed by atoms with van der Waals surface area (Å²) in [5.41, 5.74) is -0.665. The number of amides is 1. The van der Waals surface area contributed by atoms with E-state index in [0.717, 1.165) is 6.07 Å². The Morgan fingerprint density at radius 2 is 1.52 bits per heavy atom. The molecular formula is C21H12ClNO6. The lowest BCUT2D eigenvalue weighted by atomic mass is 9.82. The highest BCUT2D eigenvalue weighted by molar-refractivity contribution is 6.31. The number of phenols is 3. The normalized spacial score (nSPS) is 12.3. The van der Waals surface area contributed by atoms with Crippen LogP contribution in [-0.4, -0.2) is 32.8 Å². The summed E-state index contributed by atoms with van der Waals surface area (Å²) in [6.07, 6.45) is 0. The smallest absolute Gasteiger partial charge is 0.255 e. The predicted octanol–water partition coefficient (Wildman–Crippen LogP) is 3.48. The molecule has 144 valence electrons. The fraction of sp³-hybridized carbons (Fsp3) is 0. The third-order valence-electron chi connectivity index (χ3n) is 4.57. The number of ketones is 2. The van der Waals surface area contributed by atoms with Crippen LogP contribution in [0.1, 0.15) is 42.2 Å². The van der Waals surface area contributed by atoms with Crippen molar-refractivity contribution in [1.29, 1.82) is 0 Å². The van der Waals surface area contributed by atoms with Crippen molar-refractivity contribution in [2.45, 2.75) is 0 Å². The van der Waals surface area contributed by atoms with Crippen LogP contribution in [0.3, 0.4) is 0 Å². The van der Waals surface area contributed by atoms with Crippen molar-refractivity contribution in [2.75, 3.05) is 5.32 Å². The van der Waals surface area contributed by atoms with Gasteiger partial charge in [-0.05, 0) is 30.3 Å². The Hall–Kier alpha value is -3.84. The number of benzene rings is 3. The van der Waals surface area contributed by atoms with Gasteiger partial charge >= 0.3 is 0 Å². The van der Waals surface area contributed by atoms with Crippen molar-refractivity contribution >= 4 is 34.8 Å². The number of halogens is 1. The first-order valence-electron chi connectivity index (χ1n) is 8.36. The van der Waals surface area contributed by atoms with E-state index in [2.05, 4.69) is 5.32 Å².